The molecule has 0 N–H and O–H groups in total. The first kappa shape index (κ1) is 51.0. The van der Waals surface area contributed by atoms with Crippen molar-refractivity contribution in [3.8, 4) is 11.1 Å². The van der Waals surface area contributed by atoms with Crippen molar-refractivity contribution in [3.63, 3.8) is 0 Å². The van der Waals surface area contributed by atoms with E-state index in [2.05, 4.69) is 255 Å². The van der Waals surface area contributed by atoms with E-state index in [1.807, 2.05) is 33.8 Å². The van der Waals surface area contributed by atoms with E-state index >= 15 is 0 Å². The van der Waals surface area contributed by atoms with Gasteiger partial charge in [0.2, 0.25) is 0 Å². The van der Waals surface area contributed by atoms with Gasteiger partial charge in [-0.05, 0) is 125 Å². The molecule has 2 nitrogen and oxygen atoms in total. The van der Waals surface area contributed by atoms with Crippen LogP contribution in [0, 0.1) is 0 Å². The fourth-order valence-corrected chi connectivity index (χ4v) is 9.50. The minimum atomic E-state index is -0.623. The number of allylic oxidation sites excluding steroid dienone is 18. The zero-order valence-electron chi connectivity index (χ0n) is 42.0. The molecule has 4 aliphatic rings. The number of anilines is 2. The van der Waals surface area contributed by atoms with Gasteiger partial charge < -0.3 is 9.80 Å². The number of hydrogen-bond donors (Lipinski definition) is 0. The Morgan fingerprint density at radius 1 is 0.681 bits per heavy atom. The van der Waals surface area contributed by atoms with Crippen LogP contribution in [-0.2, 0) is 5.41 Å². The van der Waals surface area contributed by atoms with E-state index in [1.165, 1.54) is 46.2 Å². The van der Waals surface area contributed by atoms with Crippen LogP contribution in [0.15, 0.2) is 266 Å². The topological polar surface area (TPSA) is 6.48 Å². The lowest BCUT2D eigenvalue weighted by Gasteiger charge is -2.38. The van der Waals surface area contributed by atoms with Gasteiger partial charge in [-0.3, -0.25) is 0 Å². The van der Waals surface area contributed by atoms with E-state index in [-0.39, 0.29) is 0 Å². The summed E-state index contributed by atoms with van der Waals surface area (Å²) in [5.74, 6) is 0. The molecule has 0 bridgehead atoms. The van der Waals surface area contributed by atoms with E-state index in [0.29, 0.717) is 0 Å². The normalized spacial score (nSPS) is 17.7. The summed E-state index contributed by atoms with van der Waals surface area (Å²) in [5, 5.41) is 0. The van der Waals surface area contributed by atoms with Crippen molar-refractivity contribution in [2.75, 3.05) is 16.8 Å². The summed E-state index contributed by atoms with van der Waals surface area (Å²) in [6.45, 7) is 19.3. The van der Waals surface area contributed by atoms with Crippen LogP contribution in [0.4, 0.5) is 11.4 Å². The van der Waals surface area contributed by atoms with E-state index in [4.69, 9.17) is 6.58 Å². The Kier molecular flexibility index (Phi) is 19.4. The third-order valence-corrected chi connectivity index (χ3v) is 12.5. The summed E-state index contributed by atoms with van der Waals surface area (Å²) in [4.78, 5) is 4.69. The first-order valence-electron chi connectivity index (χ1n) is 25.1. The number of benzene rings is 5. The molecule has 0 amide bonds. The lowest BCUT2D eigenvalue weighted by molar-refractivity contribution is 0.741. The van der Waals surface area contributed by atoms with Gasteiger partial charge in [0.1, 0.15) is 0 Å². The van der Waals surface area contributed by atoms with Crippen molar-refractivity contribution in [1.29, 1.82) is 0 Å². The van der Waals surface area contributed by atoms with Gasteiger partial charge in [-0.2, -0.15) is 0 Å². The van der Waals surface area contributed by atoms with E-state index in [0.717, 1.165) is 70.7 Å². The minimum Gasteiger partial charge on any atom is -0.351 e. The Labute approximate surface area is 415 Å². The molecule has 9 rings (SSSR count). The summed E-state index contributed by atoms with van der Waals surface area (Å²) < 4.78 is 0. The number of para-hydroxylation sites is 1. The van der Waals surface area contributed by atoms with Gasteiger partial charge in [-0.25, -0.2) is 0 Å². The predicted octanol–water partition coefficient (Wildman–Crippen LogP) is 18.7. The minimum absolute atomic E-state index is 0.623. The van der Waals surface area contributed by atoms with E-state index in [9.17, 15) is 0 Å². The van der Waals surface area contributed by atoms with Crippen LogP contribution in [0.25, 0.3) is 22.8 Å². The summed E-state index contributed by atoms with van der Waals surface area (Å²) in [6, 6.07) is 47.7. The van der Waals surface area contributed by atoms with Crippen LogP contribution in [0.2, 0.25) is 0 Å². The maximum Gasteiger partial charge on any atom is 0.0711 e. The third-order valence-electron chi connectivity index (χ3n) is 12.5. The number of rotatable bonds is 11. The zero-order valence-corrected chi connectivity index (χ0v) is 42.0. The summed E-state index contributed by atoms with van der Waals surface area (Å²) in [7, 11) is 2.16. The molecule has 1 unspecified atom stereocenters. The SMILES string of the molecule is C1=CCCC=C1.C=C/C=C(\C=C/N(C)c1cccc2c1-c1ccccc1C21C(=C)/C=C(/N(C(=Cc2ccccc2)/C=C\CC)c2ccccc2)CC=CC2=C1C=CCC2)c1ccccc1.CC.CC. The van der Waals surface area contributed by atoms with Crippen LogP contribution in [0.3, 0.4) is 0 Å². The van der Waals surface area contributed by atoms with Crippen molar-refractivity contribution in [2.24, 2.45) is 0 Å². The smallest absolute Gasteiger partial charge is 0.0711 e. The predicted molar refractivity (Wildman–Crippen MR) is 304 cm³/mol. The Balaban J connectivity index is 0.000000711. The van der Waals surface area contributed by atoms with Crippen LogP contribution >= 0.6 is 0 Å². The highest BCUT2D eigenvalue weighted by Crippen LogP contribution is 2.60. The molecule has 350 valence electrons. The molecular formula is C67H72N2. The van der Waals surface area contributed by atoms with Crippen LogP contribution in [-0.4, -0.2) is 7.05 Å². The fraction of sp³-hybridized carbons (Fsp3) is 0.194. The number of nitrogens with zero attached hydrogens (tertiary/aromatic N) is 2. The Morgan fingerprint density at radius 3 is 2.00 bits per heavy atom. The summed E-state index contributed by atoms with van der Waals surface area (Å²) >= 11 is 0. The maximum absolute atomic E-state index is 5.12. The second-order valence-electron chi connectivity index (χ2n) is 16.7. The number of fused-ring (bicyclic) bond motifs is 6. The summed E-state index contributed by atoms with van der Waals surface area (Å²) in [5.41, 5.74) is 16.0. The number of hydrogen-bond acceptors (Lipinski definition) is 2. The van der Waals surface area contributed by atoms with Gasteiger partial charge in [0, 0.05) is 48.0 Å². The Bertz CT molecular complexity index is 2790. The van der Waals surface area contributed by atoms with E-state index in [1.54, 1.807) is 0 Å². The molecule has 69 heavy (non-hydrogen) atoms. The first-order valence-corrected chi connectivity index (χ1v) is 25.1. The van der Waals surface area contributed by atoms with Crippen molar-refractivity contribution in [2.45, 2.75) is 78.6 Å². The highest BCUT2D eigenvalue weighted by atomic mass is 15.2. The highest BCUT2D eigenvalue weighted by Gasteiger charge is 2.49. The molecule has 4 aliphatic carbocycles. The van der Waals surface area contributed by atoms with Crippen LogP contribution < -0.4 is 9.80 Å². The fourth-order valence-electron chi connectivity index (χ4n) is 9.50. The molecule has 0 aromatic heterocycles. The first-order chi connectivity index (χ1) is 34.0. The molecular weight excluding hydrogens is 833 g/mol. The molecule has 0 saturated carbocycles. The van der Waals surface area contributed by atoms with Gasteiger partial charge in [-0.15, -0.1) is 0 Å². The quantitative estimate of drug-likeness (QED) is 0.122. The van der Waals surface area contributed by atoms with E-state index < -0.39 is 5.41 Å². The molecule has 0 saturated heterocycles. The highest BCUT2D eigenvalue weighted by molar-refractivity contribution is 5.95. The largest absolute Gasteiger partial charge is 0.351 e. The average molecular weight is 905 g/mol. The monoisotopic (exact) mass is 905 g/mol. The third kappa shape index (κ3) is 11.8. The van der Waals surface area contributed by atoms with Crippen LogP contribution in [0.1, 0.15) is 95.4 Å². The molecule has 5 aromatic rings. The molecule has 0 fully saturated rings. The maximum atomic E-state index is 5.12. The van der Waals surface area contributed by atoms with Crippen molar-refractivity contribution < 1.29 is 0 Å². The molecule has 2 heteroatoms. The van der Waals surface area contributed by atoms with Gasteiger partial charge in [0.05, 0.1) is 5.41 Å². The lowest BCUT2D eigenvalue weighted by atomic mass is 9.64. The molecule has 5 aromatic carbocycles. The van der Waals surface area contributed by atoms with Crippen LogP contribution in [0.5, 0.6) is 0 Å². The molecule has 1 spiro atoms. The van der Waals surface area contributed by atoms with Gasteiger partial charge in [0.25, 0.3) is 0 Å². The van der Waals surface area contributed by atoms with Gasteiger partial charge in [-0.1, -0.05) is 230 Å². The second kappa shape index (κ2) is 26.2. The van der Waals surface area contributed by atoms with Crippen molar-refractivity contribution in [1.82, 2.24) is 0 Å². The second-order valence-corrected chi connectivity index (χ2v) is 16.7. The zero-order chi connectivity index (χ0) is 48.9. The Morgan fingerprint density at radius 2 is 1.33 bits per heavy atom. The molecule has 0 aliphatic heterocycles. The lowest BCUT2D eigenvalue weighted by Crippen LogP contribution is -2.31. The average Bonchev–Trinajstić information content (AvgIpc) is 3.75. The van der Waals surface area contributed by atoms with Gasteiger partial charge >= 0.3 is 0 Å². The molecule has 1 atom stereocenters. The molecule has 0 heterocycles. The van der Waals surface area contributed by atoms with Gasteiger partial charge in [0.15, 0.2) is 0 Å². The van der Waals surface area contributed by atoms with Crippen molar-refractivity contribution >= 4 is 23.0 Å². The summed E-state index contributed by atoms with van der Waals surface area (Å²) in [6.07, 6.45) is 41.7. The van der Waals surface area contributed by atoms with Crippen molar-refractivity contribution in [3.05, 3.63) is 288 Å². The molecule has 0 radical (unpaired) electrons. The standard InChI is InChI=1S/C57H52N2.C6H8.2C2H6/c1-5-7-30-50(42-44-24-11-8-12-25-44)59(48-31-15-10-16-32-48)49-33-21-29-47-28-17-19-35-52(47)57(43(3)41-49)53-36-20-18-34-51(53)56-54(57)37-22-38-55(56)58(4)40-39-45(23-6-2)46-26-13-9-14-27-46;1-2-4-6-5-3-1;2*1-2/h6-16,18-27,29-32,34-42H,2-3,5,17,28,33H2,1,4H3;1-4H,5-6H2;2*1-2H3/b29-21?,30-7-,40-39-,45-23+,49-41+,50-42?;;;. The Hall–Kier alpha value is -7.42.